The first-order valence-electron chi connectivity index (χ1n) is 14.6. The third-order valence-corrected chi connectivity index (χ3v) is 7.12. The van der Waals surface area contributed by atoms with Gasteiger partial charge in [0.05, 0.1) is 6.04 Å². The van der Waals surface area contributed by atoms with E-state index in [1.807, 2.05) is 36.4 Å². The number of hydrogen-bond acceptors (Lipinski definition) is 7. The Bertz CT molecular complexity index is 1350. The normalized spacial score (nSPS) is 13.6. The van der Waals surface area contributed by atoms with Gasteiger partial charge in [-0.25, -0.2) is 4.79 Å². The lowest BCUT2D eigenvalue weighted by molar-refractivity contribution is -0.142. The van der Waals surface area contributed by atoms with Gasteiger partial charge < -0.3 is 37.6 Å². The molecule has 11 heteroatoms. The number of unbranched alkanes of at least 4 members (excludes halogenated alkanes) is 1. The Labute approximate surface area is 257 Å². The number of aromatic hydroxyl groups is 1. The number of carbonyl (C=O) groups excluding carboxylic acids is 3. The fourth-order valence-electron chi connectivity index (χ4n) is 4.67. The number of phenols is 1. The summed E-state index contributed by atoms with van der Waals surface area (Å²) in [7, 11) is 0. The Morgan fingerprint density at radius 3 is 1.66 bits per heavy atom. The molecule has 234 valence electrons. The highest BCUT2D eigenvalue weighted by Gasteiger charge is 2.30. The Morgan fingerprint density at radius 2 is 1.09 bits per heavy atom. The van der Waals surface area contributed by atoms with Crippen LogP contribution in [0, 0.1) is 0 Å². The van der Waals surface area contributed by atoms with Crippen molar-refractivity contribution >= 4 is 23.7 Å². The standard InChI is InChI=1S/C33H41N5O6/c34-18-8-7-13-27(31(41)38-29(33(43)44)21-23-11-5-2-6-12-23)36-32(42)28(20-24-14-16-25(39)17-15-24)37-30(40)26(35)19-22-9-3-1-4-10-22/h1-6,9-12,14-17,26-29,39H,7-8,13,18-21,34-35H2,(H,36,42)(H,37,40)(H,38,41)(H,43,44). The SMILES string of the molecule is NCCCCC(NC(=O)C(Cc1ccc(O)cc1)NC(=O)C(N)Cc1ccccc1)C(=O)NC(Cc1ccccc1)C(=O)O. The molecule has 0 fully saturated rings. The number of phenolic OH excluding ortho intramolecular Hbond substituents is 1. The molecule has 4 unspecified atom stereocenters. The number of hydrogen-bond donors (Lipinski definition) is 7. The van der Waals surface area contributed by atoms with Gasteiger partial charge >= 0.3 is 5.97 Å². The number of benzene rings is 3. The highest BCUT2D eigenvalue weighted by Crippen LogP contribution is 2.13. The number of carbonyl (C=O) groups is 4. The van der Waals surface area contributed by atoms with E-state index in [9.17, 15) is 29.4 Å². The molecule has 0 aliphatic heterocycles. The maximum Gasteiger partial charge on any atom is 0.326 e. The van der Waals surface area contributed by atoms with Gasteiger partial charge in [0.25, 0.3) is 0 Å². The summed E-state index contributed by atoms with van der Waals surface area (Å²) in [6.07, 6.45) is 1.67. The fraction of sp³-hybridized carbons (Fsp3) is 0.333. The van der Waals surface area contributed by atoms with Crippen LogP contribution in [0.4, 0.5) is 0 Å². The van der Waals surface area contributed by atoms with E-state index in [0.717, 1.165) is 11.1 Å². The van der Waals surface area contributed by atoms with Crippen molar-refractivity contribution in [1.82, 2.24) is 16.0 Å². The second-order valence-electron chi connectivity index (χ2n) is 10.7. The zero-order valence-electron chi connectivity index (χ0n) is 24.5. The molecule has 0 heterocycles. The van der Waals surface area contributed by atoms with Crippen molar-refractivity contribution in [1.29, 1.82) is 0 Å². The number of nitrogens with one attached hydrogen (secondary N) is 3. The van der Waals surface area contributed by atoms with Crippen molar-refractivity contribution in [3.05, 3.63) is 102 Å². The molecule has 44 heavy (non-hydrogen) atoms. The zero-order valence-corrected chi connectivity index (χ0v) is 24.5. The minimum atomic E-state index is -1.22. The summed E-state index contributed by atoms with van der Waals surface area (Å²) in [5.74, 6) is -3.01. The van der Waals surface area contributed by atoms with Crippen molar-refractivity contribution in [3.63, 3.8) is 0 Å². The lowest BCUT2D eigenvalue weighted by Crippen LogP contribution is -2.58. The Balaban J connectivity index is 1.77. The average molecular weight is 604 g/mol. The van der Waals surface area contributed by atoms with Crippen LogP contribution in [-0.2, 0) is 38.4 Å². The average Bonchev–Trinajstić information content (AvgIpc) is 3.01. The molecule has 0 radical (unpaired) electrons. The molecule has 0 spiro atoms. The van der Waals surface area contributed by atoms with Gasteiger partial charge in [0.1, 0.15) is 23.9 Å². The lowest BCUT2D eigenvalue weighted by atomic mass is 10.0. The topological polar surface area (TPSA) is 197 Å². The van der Waals surface area contributed by atoms with Crippen LogP contribution in [0.15, 0.2) is 84.9 Å². The van der Waals surface area contributed by atoms with Crippen LogP contribution < -0.4 is 27.4 Å². The minimum absolute atomic E-state index is 0.0452. The monoisotopic (exact) mass is 603 g/mol. The molecule has 0 aromatic heterocycles. The van der Waals surface area contributed by atoms with E-state index in [2.05, 4.69) is 16.0 Å². The van der Waals surface area contributed by atoms with E-state index in [1.165, 1.54) is 12.1 Å². The fourth-order valence-corrected chi connectivity index (χ4v) is 4.67. The highest BCUT2D eigenvalue weighted by atomic mass is 16.4. The second kappa shape index (κ2) is 17.4. The van der Waals surface area contributed by atoms with E-state index in [0.29, 0.717) is 24.9 Å². The van der Waals surface area contributed by atoms with Gasteiger partial charge in [-0.05, 0) is 61.1 Å². The largest absolute Gasteiger partial charge is 0.508 e. The number of amides is 3. The van der Waals surface area contributed by atoms with Crippen LogP contribution in [0.3, 0.4) is 0 Å². The first-order chi connectivity index (χ1) is 21.2. The maximum atomic E-state index is 13.7. The predicted octanol–water partition coefficient (Wildman–Crippen LogP) is 1.42. The zero-order chi connectivity index (χ0) is 31.9. The van der Waals surface area contributed by atoms with E-state index in [1.54, 1.807) is 36.4 Å². The van der Waals surface area contributed by atoms with Crippen LogP contribution in [-0.4, -0.2) is 64.6 Å². The third-order valence-electron chi connectivity index (χ3n) is 7.12. The molecule has 3 aromatic rings. The van der Waals surface area contributed by atoms with Gasteiger partial charge in [-0.1, -0.05) is 72.8 Å². The summed E-state index contributed by atoms with van der Waals surface area (Å²) in [5.41, 5.74) is 14.1. The van der Waals surface area contributed by atoms with Crippen molar-refractivity contribution in [2.75, 3.05) is 6.54 Å². The van der Waals surface area contributed by atoms with Crippen LogP contribution in [0.2, 0.25) is 0 Å². The summed E-state index contributed by atoms with van der Waals surface area (Å²) in [6, 6.07) is 20.0. The minimum Gasteiger partial charge on any atom is -0.508 e. The number of nitrogens with two attached hydrogens (primary N) is 2. The molecule has 3 rings (SSSR count). The molecule has 0 aliphatic carbocycles. The van der Waals surface area contributed by atoms with E-state index in [-0.39, 0.29) is 31.4 Å². The number of aliphatic carboxylic acids is 1. The maximum absolute atomic E-state index is 13.7. The summed E-state index contributed by atoms with van der Waals surface area (Å²) in [5, 5.41) is 27.5. The first kappa shape index (κ1) is 33.8. The molecule has 4 atom stereocenters. The van der Waals surface area contributed by atoms with Gasteiger partial charge in [0, 0.05) is 12.8 Å². The first-order valence-corrected chi connectivity index (χ1v) is 14.6. The van der Waals surface area contributed by atoms with Crippen LogP contribution in [0.5, 0.6) is 5.75 Å². The number of carboxylic acids is 1. The summed E-state index contributed by atoms with van der Waals surface area (Å²) < 4.78 is 0. The van der Waals surface area contributed by atoms with Crippen LogP contribution in [0.1, 0.15) is 36.0 Å². The van der Waals surface area contributed by atoms with E-state index < -0.39 is 47.9 Å². The Kier molecular flexibility index (Phi) is 13.3. The van der Waals surface area contributed by atoms with E-state index >= 15 is 0 Å². The number of carboxylic acid groups (broad SMARTS) is 1. The second-order valence-corrected chi connectivity index (χ2v) is 10.7. The van der Waals surface area contributed by atoms with Crippen LogP contribution in [0.25, 0.3) is 0 Å². The highest BCUT2D eigenvalue weighted by molar-refractivity contribution is 5.94. The van der Waals surface area contributed by atoms with Crippen molar-refractivity contribution in [2.45, 2.75) is 62.7 Å². The smallest absolute Gasteiger partial charge is 0.326 e. The Morgan fingerprint density at radius 1 is 0.614 bits per heavy atom. The summed E-state index contributed by atoms with van der Waals surface area (Å²) in [4.78, 5) is 52.1. The molecule has 0 saturated carbocycles. The molecule has 0 saturated heterocycles. The lowest BCUT2D eigenvalue weighted by Gasteiger charge is -2.25. The molecular weight excluding hydrogens is 562 g/mol. The van der Waals surface area contributed by atoms with E-state index in [4.69, 9.17) is 11.5 Å². The molecule has 9 N–H and O–H groups in total. The third kappa shape index (κ3) is 11.2. The van der Waals surface area contributed by atoms with Crippen molar-refractivity contribution < 1.29 is 29.4 Å². The van der Waals surface area contributed by atoms with Crippen molar-refractivity contribution in [3.8, 4) is 5.75 Å². The predicted molar refractivity (Wildman–Crippen MR) is 166 cm³/mol. The van der Waals surface area contributed by atoms with Crippen molar-refractivity contribution in [2.24, 2.45) is 11.5 Å². The molecule has 11 nitrogen and oxygen atoms in total. The molecule has 3 aromatic carbocycles. The van der Waals surface area contributed by atoms with Gasteiger partial charge in [0.15, 0.2) is 0 Å². The summed E-state index contributed by atoms with van der Waals surface area (Å²) >= 11 is 0. The Hall–Kier alpha value is -4.74. The number of rotatable bonds is 17. The van der Waals surface area contributed by atoms with Gasteiger partial charge in [-0.15, -0.1) is 0 Å². The quantitative estimate of drug-likeness (QED) is 0.112. The van der Waals surface area contributed by atoms with Gasteiger partial charge in [-0.3, -0.25) is 14.4 Å². The molecular formula is C33H41N5O6. The molecule has 0 bridgehead atoms. The molecule has 0 aliphatic rings. The van der Waals surface area contributed by atoms with Crippen LogP contribution >= 0.6 is 0 Å². The molecule has 3 amide bonds. The van der Waals surface area contributed by atoms with Gasteiger partial charge in [-0.2, -0.15) is 0 Å². The summed E-state index contributed by atoms with van der Waals surface area (Å²) in [6.45, 7) is 0.382. The van der Waals surface area contributed by atoms with Gasteiger partial charge in [0.2, 0.25) is 17.7 Å².